The Morgan fingerprint density at radius 2 is 1.30 bits per heavy atom. The Morgan fingerprint density at radius 1 is 0.784 bits per heavy atom. The van der Waals surface area contributed by atoms with E-state index in [1.807, 2.05) is 48.5 Å². The normalized spacial score (nSPS) is 13.4. The number of aliphatic hydroxyl groups is 2. The van der Waals surface area contributed by atoms with E-state index in [1.54, 1.807) is 26.0 Å². The first-order valence-corrected chi connectivity index (χ1v) is 12.1. The highest BCUT2D eigenvalue weighted by Gasteiger charge is 2.27. The number of hydrogen-bond donors (Lipinski definition) is 2. The van der Waals surface area contributed by atoms with E-state index in [0.29, 0.717) is 11.5 Å². The van der Waals surface area contributed by atoms with Gasteiger partial charge in [0.15, 0.2) is 0 Å². The Balaban J connectivity index is 1.98. The summed E-state index contributed by atoms with van der Waals surface area (Å²) in [6.07, 6.45) is 3.78. The largest absolute Gasteiger partial charge is 0.491 e. The fraction of sp³-hybridized carbons (Fsp3) is 0.379. The lowest BCUT2D eigenvalue weighted by Gasteiger charge is -2.28. The fourth-order valence-electron chi connectivity index (χ4n) is 3.43. The standard InChI is InChI=1S/C29H36O8/c1-5-9-27(32)36-19-22(30)17-34-24-15-13-21(14-16-24)29(3,4)25-11-7-8-12-26(25)35-18-23(31)20-37-28(33)10-6-2/h5-16,22-23,30-31H,17-20H2,1-4H3. The number of carbonyl (C=O) groups is 2. The lowest BCUT2D eigenvalue weighted by molar-refractivity contribution is -0.142. The lowest BCUT2D eigenvalue weighted by atomic mass is 9.77. The summed E-state index contributed by atoms with van der Waals surface area (Å²) in [5.74, 6) is 0.151. The van der Waals surface area contributed by atoms with Crippen molar-refractivity contribution in [2.45, 2.75) is 45.3 Å². The Bertz CT molecular complexity index is 1060. The molecule has 0 spiro atoms. The van der Waals surface area contributed by atoms with Gasteiger partial charge in [-0.15, -0.1) is 0 Å². The van der Waals surface area contributed by atoms with Crippen LogP contribution in [0.15, 0.2) is 72.8 Å². The van der Waals surface area contributed by atoms with Crippen LogP contribution in [0.4, 0.5) is 0 Å². The van der Waals surface area contributed by atoms with Crippen LogP contribution < -0.4 is 9.47 Å². The van der Waals surface area contributed by atoms with Gasteiger partial charge in [0.1, 0.15) is 50.1 Å². The molecule has 8 heteroatoms. The molecule has 0 fully saturated rings. The van der Waals surface area contributed by atoms with Gasteiger partial charge in [-0.2, -0.15) is 0 Å². The van der Waals surface area contributed by atoms with Crippen molar-refractivity contribution in [3.05, 3.63) is 84.0 Å². The van der Waals surface area contributed by atoms with Gasteiger partial charge in [-0.05, 0) is 37.6 Å². The molecule has 8 nitrogen and oxygen atoms in total. The molecule has 2 unspecified atom stereocenters. The van der Waals surface area contributed by atoms with E-state index in [4.69, 9.17) is 18.9 Å². The topological polar surface area (TPSA) is 112 Å². The minimum Gasteiger partial charge on any atom is -0.491 e. The van der Waals surface area contributed by atoms with Crippen molar-refractivity contribution in [3.8, 4) is 11.5 Å². The molecule has 200 valence electrons. The van der Waals surface area contributed by atoms with Crippen molar-refractivity contribution in [3.63, 3.8) is 0 Å². The molecule has 37 heavy (non-hydrogen) atoms. The molecule has 0 aliphatic rings. The van der Waals surface area contributed by atoms with E-state index in [1.165, 1.54) is 12.2 Å². The van der Waals surface area contributed by atoms with E-state index in [0.717, 1.165) is 11.1 Å². The predicted molar refractivity (Wildman–Crippen MR) is 140 cm³/mol. The second-order valence-electron chi connectivity index (χ2n) is 8.84. The molecule has 2 aromatic rings. The summed E-state index contributed by atoms with van der Waals surface area (Å²) in [5.41, 5.74) is 1.47. The van der Waals surface area contributed by atoms with Crippen molar-refractivity contribution in [1.29, 1.82) is 0 Å². The first-order valence-electron chi connectivity index (χ1n) is 12.1. The molecule has 0 aliphatic carbocycles. The smallest absolute Gasteiger partial charge is 0.330 e. The summed E-state index contributed by atoms with van der Waals surface area (Å²) in [7, 11) is 0. The molecule has 2 rings (SSSR count). The van der Waals surface area contributed by atoms with E-state index < -0.39 is 29.6 Å². The van der Waals surface area contributed by atoms with Gasteiger partial charge in [-0.25, -0.2) is 9.59 Å². The van der Waals surface area contributed by atoms with Gasteiger partial charge in [-0.1, -0.05) is 56.3 Å². The van der Waals surface area contributed by atoms with Crippen molar-refractivity contribution in [2.24, 2.45) is 0 Å². The maximum Gasteiger partial charge on any atom is 0.330 e. The highest BCUT2D eigenvalue weighted by atomic mass is 16.6. The van der Waals surface area contributed by atoms with Gasteiger partial charge in [0, 0.05) is 23.1 Å². The SMILES string of the molecule is CC=CC(=O)OCC(O)COc1ccc(C(C)(C)c2ccccc2OCC(O)COC(=O)C=CC)cc1. The third-order valence-corrected chi connectivity index (χ3v) is 5.45. The summed E-state index contributed by atoms with van der Waals surface area (Å²) in [6.45, 7) is 7.16. The van der Waals surface area contributed by atoms with Crippen molar-refractivity contribution >= 4 is 11.9 Å². The molecule has 0 saturated heterocycles. The van der Waals surface area contributed by atoms with Gasteiger partial charge in [-0.3, -0.25) is 0 Å². The van der Waals surface area contributed by atoms with Crippen molar-refractivity contribution in [2.75, 3.05) is 26.4 Å². The highest BCUT2D eigenvalue weighted by molar-refractivity contribution is 5.82. The van der Waals surface area contributed by atoms with Crippen molar-refractivity contribution < 1.29 is 38.7 Å². The van der Waals surface area contributed by atoms with Crippen LogP contribution in [0.5, 0.6) is 11.5 Å². The van der Waals surface area contributed by atoms with Crippen LogP contribution in [0.3, 0.4) is 0 Å². The van der Waals surface area contributed by atoms with Gasteiger partial charge in [0.2, 0.25) is 0 Å². The van der Waals surface area contributed by atoms with Gasteiger partial charge in [0.05, 0.1) is 0 Å². The number of para-hydroxylation sites is 1. The summed E-state index contributed by atoms with van der Waals surface area (Å²) < 4.78 is 21.4. The average Bonchev–Trinajstić information content (AvgIpc) is 2.89. The van der Waals surface area contributed by atoms with Crippen LogP contribution in [0, 0.1) is 0 Å². The Kier molecular flexibility index (Phi) is 11.9. The van der Waals surface area contributed by atoms with Crippen molar-refractivity contribution in [1.82, 2.24) is 0 Å². The monoisotopic (exact) mass is 512 g/mol. The van der Waals surface area contributed by atoms with Crippen LogP contribution >= 0.6 is 0 Å². The zero-order chi connectivity index (χ0) is 27.3. The molecule has 0 aromatic heterocycles. The summed E-state index contributed by atoms with van der Waals surface area (Å²) in [6, 6.07) is 15.0. The highest BCUT2D eigenvalue weighted by Crippen LogP contribution is 2.37. The quantitative estimate of drug-likeness (QED) is 0.291. The maximum absolute atomic E-state index is 11.4. The zero-order valence-corrected chi connectivity index (χ0v) is 21.8. The molecule has 2 N–H and O–H groups in total. The molecule has 0 aliphatic heterocycles. The van der Waals surface area contributed by atoms with E-state index >= 15 is 0 Å². The van der Waals surface area contributed by atoms with Crippen LogP contribution in [-0.4, -0.2) is 60.8 Å². The average molecular weight is 513 g/mol. The summed E-state index contributed by atoms with van der Waals surface area (Å²) in [4.78, 5) is 22.8. The number of esters is 2. The van der Waals surface area contributed by atoms with Crippen LogP contribution in [0.2, 0.25) is 0 Å². The summed E-state index contributed by atoms with van der Waals surface area (Å²) in [5, 5.41) is 20.1. The number of allylic oxidation sites excluding steroid dienone is 2. The minimum atomic E-state index is -0.969. The van der Waals surface area contributed by atoms with Gasteiger partial charge < -0.3 is 29.2 Å². The summed E-state index contributed by atoms with van der Waals surface area (Å²) >= 11 is 0. The van der Waals surface area contributed by atoms with E-state index in [2.05, 4.69) is 13.8 Å². The molecule has 0 bridgehead atoms. The van der Waals surface area contributed by atoms with Crippen LogP contribution in [-0.2, 0) is 24.5 Å². The minimum absolute atomic E-state index is 0.0189. The lowest BCUT2D eigenvalue weighted by Crippen LogP contribution is -2.26. The second kappa shape index (κ2) is 14.8. The third-order valence-electron chi connectivity index (χ3n) is 5.45. The molecule has 2 atom stereocenters. The first kappa shape index (κ1) is 29.6. The number of hydrogen-bond acceptors (Lipinski definition) is 8. The first-order chi connectivity index (χ1) is 17.7. The molecule has 2 aromatic carbocycles. The van der Waals surface area contributed by atoms with Gasteiger partial charge in [0.25, 0.3) is 0 Å². The van der Waals surface area contributed by atoms with Gasteiger partial charge >= 0.3 is 11.9 Å². The molecule has 0 radical (unpaired) electrons. The van der Waals surface area contributed by atoms with E-state index in [-0.39, 0.29) is 26.4 Å². The Morgan fingerprint density at radius 3 is 1.84 bits per heavy atom. The maximum atomic E-state index is 11.4. The molecule has 0 saturated carbocycles. The van der Waals surface area contributed by atoms with Crippen LogP contribution in [0.1, 0.15) is 38.8 Å². The zero-order valence-electron chi connectivity index (χ0n) is 21.8. The number of rotatable bonds is 14. The number of carbonyl (C=O) groups excluding carboxylic acids is 2. The second-order valence-corrected chi connectivity index (χ2v) is 8.84. The molecular weight excluding hydrogens is 476 g/mol. The number of aliphatic hydroxyl groups excluding tert-OH is 2. The third kappa shape index (κ3) is 9.74. The molecule has 0 heterocycles. The molecule has 0 amide bonds. The van der Waals surface area contributed by atoms with Crippen LogP contribution in [0.25, 0.3) is 0 Å². The Hall–Kier alpha value is -3.62. The molecular formula is C29H36O8. The number of benzene rings is 2. The Labute approximate surface area is 218 Å². The fourth-order valence-corrected chi connectivity index (χ4v) is 3.43. The van der Waals surface area contributed by atoms with E-state index in [9.17, 15) is 19.8 Å². The number of ether oxygens (including phenoxy) is 4. The predicted octanol–water partition coefficient (Wildman–Crippen LogP) is 3.73.